The van der Waals surface area contributed by atoms with Crippen LogP contribution in [0.25, 0.3) is 0 Å². The van der Waals surface area contributed by atoms with Crippen LogP contribution in [-0.2, 0) is 15.8 Å². The maximum absolute atomic E-state index is 12.0. The molecule has 0 fully saturated rings. The predicted molar refractivity (Wildman–Crippen MR) is 77.2 cm³/mol. The van der Waals surface area contributed by atoms with E-state index >= 15 is 0 Å². The number of sulfonamides is 1. The van der Waals surface area contributed by atoms with Crippen molar-refractivity contribution in [3.63, 3.8) is 0 Å². The van der Waals surface area contributed by atoms with E-state index in [9.17, 15) is 13.2 Å². The Morgan fingerprint density at radius 2 is 1.85 bits per heavy atom. The van der Waals surface area contributed by atoms with Crippen molar-refractivity contribution in [3.8, 4) is 0 Å². The molecule has 2 N–H and O–H groups in total. The van der Waals surface area contributed by atoms with Crippen molar-refractivity contribution in [1.29, 1.82) is 0 Å². The van der Waals surface area contributed by atoms with Gasteiger partial charge in [-0.15, -0.1) is 0 Å². The first-order valence-electron chi connectivity index (χ1n) is 6.16. The van der Waals surface area contributed by atoms with Crippen molar-refractivity contribution in [3.05, 3.63) is 35.4 Å². The van der Waals surface area contributed by atoms with E-state index in [1.165, 1.54) is 24.3 Å². The second-order valence-electron chi connectivity index (χ2n) is 5.04. The van der Waals surface area contributed by atoms with Crippen LogP contribution in [0.4, 0.5) is 0 Å². The van der Waals surface area contributed by atoms with Crippen LogP contribution >= 0.6 is 0 Å². The number of carboxylic acids is 1. The predicted octanol–water partition coefficient (Wildman–Crippen LogP) is 0.754. The maximum Gasteiger partial charge on any atom is 0.335 e. The van der Waals surface area contributed by atoms with Gasteiger partial charge in [0.05, 0.1) is 11.3 Å². The molecular weight excluding hydrogens is 280 g/mol. The molecule has 0 radical (unpaired) electrons. The van der Waals surface area contributed by atoms with Gasteiger partial charge in [-0.1, -0.05) is 12.1 Å². The molecule has 0 aliphatic heterocycles. The highest BCUT2D eigenvalue weighted by Gasteiger charge is 2.16. The van der Waals surface area contributed by atoms with Crippen molar-refractivity contribution in [2.75, 3.05) is 20.6 Å². The van der Waals surface area contributed by atoms with Gasteiger partial charge in [0.1, 0.15) is 0 Å². The van der Waals surface area contributed by atoms with Gasteiger partial charge in [0.25, 0.3) is 0 Å². The van der Waals surface area contributed by atoms with E-state index in [-0.39, 0.29) is 17.4 Å². The third-order valence-corrected chi connectivity index (χ3v) is 4.05. The Kier molecular flexibility index (Phi) is 5.67. The fourth-order valence-electron chi connectivity index (χ4n) is 1.90. The summed E-state index contributed by atoms with van der Waals surface area (Å²) in [6, 6.07) is 5.64. The number of carbonyl (C=O) groups is 1. The first-order chi connectivity index (χ1) is 9.19. The van der Waals surface area contributed by atoms with Crippen molar-refractivity contribution >= 4 is 16.0 Å². The van der Waals surface area contributed by atoms with Crippen LogP contribution in [0.5, 0.6) is 0 Å². The Morgan fingerprint density at radius 1 is 1.30 bits per heavy atom. The van der Waals surface area contributed by atoms with Crippen molar-refractivity contribution in [2.45, 2.75) is 18.7 Å². The molecule has 0 saturated heterocycles. The highest BCUT2D eigenvalue weighted by molar-refractivity contribution is 7.88. The Labute approximate surface area is 119 Å². The summed E-state index contributed by atoms with van der Waals surface area (Å²) in [7, 11) is 0.304. The summed E-state index contributed by atoms with van der Waals surface area (Å²) in [6.45, 7) is 2.41. The van der Waals surface area contributed by atoms with Gasteiger partial charge in [0.2, 0.25) is 10.0 Å². The molecule has 0 saturated carbocycles. The zero-order valence-electron chi connectivity index (χ0n) is 11.8. The zero-order chi connectivity index (χ0) is 15.3. The smallest absolute Gasteiger partial charge is 0.335 e. The number of rotatable bonds is 7. The molecule has 0 spiro atoms. The van der Waals surface area contributed by atoms with E-state index in [1.807, 2.05) is 19.0 Å². The van der Waals surface area contributed by atoms with Crippen LogP contribution in [-0.4, -0.2) is 51.1 Å². The highest BCUT2D eigenvalue weighted by Crippen LogP contribution is 2.08. The largest absolute Gasteiger partial charge is 0.478 e. The third-order valence-electron chi connectivity index (χ3n) is 2.58. The second-order valence-corrected chi connectivity index (χ2v) is 6.80. The molecule has 0 aliphatic rings. The van der Waals surface area contributed by atoms with Gasteiger partial charge >= 0.3 is 5.97 Å². The van der Waals surface area contributed by atoms with Gasteiger partial charge in [-0.05, 0) is 38.7 Å². The van der Waals surface area contributed by atoms with Crippen LogP contribution in [0.3, 0.4) is 0 Å². The number of hydrogen-bond donors (Lipinski definition) is 2. The minimum atomic E-state index is -3.44. The minimum absolute atomic E-state index is 0.139. The lowest BCUT2D eigenvalue weighted by Gasteiger charge is -2.18. The van der Waals surface area contributed by atoms with E-state index in [4.69, 9.17) is 5.11 Å². The van der Waals surface area contributed by atoms with Gasteiger partial charge in [0, 0.05) is 12.6 Å². The summed E-state index contributed by atoms with van der Waals surface area (Å²) in [4.78, 5) is 12.6. The first kappa shape index (κ1) is 16.6. The van der Waals surface area contributed by atoms with Crippen LogP contribution < -0.4 is 4.72 Å². The molecule has 1 unspecified atom stereocenters. The average Bonchev–Trinajstić information content (AvgIpc) is 2.26. The van der Waals surface area contributed by atoms with Crippen LogP contribution in [0.2, 0.25) is 0 Å². The topological polar surface area (TPSA) is 86.7 Å². The number of hydrogen-bond acceptors (Lipinski definition) is 4. The maximum atomic E-state index is 12.0. The molecule has 7 heteroatoms. The van der Waals surface area contributed by atoms with Crippen molar-refractivity contribution in [2.24, 2.45) is 0 Å². The SMILES string of the molecule is CC(CN(C)C)NS(=O)(=O)Cc1ccc(C(=O)O)cc1. The number of nitrogens with one attached hydrogen (secondary N) is 1. The van der Waals surface area contributed by atoms with Crippen LogP contribution in [0.1, 0.15) is 22.8 Å². The van der Waals surface area contributed by atoms with Crippen molar-refractivity contribution in [1.82, 2.24) is 9.62 Å². The molecule has 1 aromatic carbocycles. The second kappa shape index (κ2) is 6.83. The standard InChI is InChI=1S/C13H20N2O4S/c1-10(8-15(2)3)14-20(18,19)9-11-4-6-12(7-5-11)13(16)17/h4-7,10,14H,8-9H2,1-3H3,(H,16,17). The molecule has 0 heterocycles. The molecule has 1 rings (SSSR count). The quantitative estimate of drug-likeness (QED) is 0.776. The molecule has 112 valence electrons. The summed E-state index contributed by atoms with van der Waals surface area (Å²) in [5.74, 6) is -1.19. The third kappa shape index (κ3) is 5.68. The molecule has 0 amide bonds. The Morgan fingerprint density at radius 3 is 2.30 bits per heavy atom. The van der Waals surface area contributed by atoms with Gasteiger partial charge < -0.3 is 10.0 Å². The molecule has 0 bridgehead atoms. The molecule has 0 aliphatic carbocycles. The fourth-order valence-corrected chi connectivity index (χ4v) is 3.30. The van der Waals surface area contributed by atoms with E-state index < -0.39 is 16.0 Å². The zero-order valence-corrected chi connectivity index (χ0v) is 12.6. The molecule has 1 aromatic rings. The van der Waals surface area contributed by atoms with E-state index in [0.29, 0.717) is 12.1 Å². The van der Waals surface area contributed by atoms with Crippen LogP contribution in [0.15, 0.2) is 24.3 Å². The molecule has 20 heavy (non-hydrogen) atoms. The summed E-state index contributed by atoms with van der Waals surface area (Å²) in [6.07, 6.45) is 0. The van der Waals surface area contributed by atoms with Gasteiger partial charge in [-0.2, -0.15) is 0 Å². The van der Waals surface area contributed by atoms with Crippen LogP contribution in [0, 0.1) is 0 Å². The fraction of sp³-hybridized carbons (Fsp3) is 0.462. The lowest BCUT2D eigenvalue weighted by Crippen LogP contribution is -2.40. The van der Waals surface area contributed by atoms with E-state index in [2.05, 4.69) is 4.72 Å². The number of nitrogens with zero attached hydrogens (tertiary/aromatic N) is 1. The summed E-state index contributed by atoms with van der Waals surface area (Å²) < 4.78 is 26.5. The first-order valence-corrected chi connectivity index (χ1v) is 7.82. The lowest BCUT2D eigenvalue weighted by atomic mass is 10.1. The Bertz CT molecular complexity index is 552. The van der Waals surface area contributed by atoms with Gasteiger partial charge in [0.15, 0.2) is 0 Å². The summed E-state index contributed by atoms with van der Waals surface area (Å²) >= 11 is 0. The average molecular weight is 300 g/mol. The lowest BCUT2D eigenvalue weighted by molar-refractivity contribution is 0.0697. The number of benzene rings is 1. The Balaban J connectivity index is 2.68. The number of likely N-dealkylation sites (N-methyl/N-ethyl adjacent to an activating group) is 1. The Hall–Kier alpha value is -1.44. The number of carboxylic acid groups (broad SMARTS) is 1. The monoisotopic (exact) mass is 300 g/mol. The highest BCUT2D eigenvalue weighted by atomic mass is 32.2. The molecule has 1 atom stereocenters. The number of aromatic carboxylic acids is 1. The van der Waals surface area contributed by atoms with Crippen molar-refractivity contribution < 1.29 is 18.3 Å². The molecular formula is C13H20N2O4S. The summed E-state index contributed by atoms with van der Waals surface area (Å²) in [5.41, 5.74) is 0.694. The van der Waals surface area contributed by atoms with E-state index in [0.717, 1.165) is 0 Å². The summed E-state index contributed by atoms with van der Waals surface area (Å²) in [5, 5.41) is 8.78. The van der Waals surface area contributed by atoms with Gasteiger partial charge in [-0.25, -0.2) is 17.9 Å². The minimum Gasteiger partial charge on any atom is -0.478 e. The normalized spacial score (nSPS) is 13.4. The van der Waals surface area contributed by atoms with E-state index in [1.54, 1.807) is 6.92 Å². The molecule has 0 aromatic heterocycles. The van der Waals surface area contributed by atoms with Gasteiger partial charge in [-0.3, -0.25) is 0 Å². The molecule has 6 nitrogen and oxygen atoms in total.